The first-order valence-electron chi connectivity index (χ1n) is 14.9. The average molecular weight is 557 g/mol. The Morgan fingerprint density at radius 2 is 1.74 bits per heavy atom. The van der Waals surface area contributed by atoms with Gasteiger partial charge < -0.3 is 14.3 Å². The van der Waals surface area contributed by atoms with Crippen molar-refractivity contribution in [3.63, 3.8) is 0 Å². The number of aliphatic hydroxyl groups is 1. The molecule has 7 heteroatoms. The fraction of sp³-hybridized carbons (Fsp3) is 0.688. The van der Waals surface area contributed by atoms with Gasteiger partial charge in [-0.3, -0.25) is 4.18 Å². The van der Waals surface area contributed by atoms with Gasteiger partial charge in [-0.15, -0.1) is 0 Å². The van der Waals surface area contributed by atoms with Crippen LogP contribution in [0.2, 0.25) is 0 Å². The maximum atomic E-state index is 12.5. The third-order valence-electron chi connectivity index (χ3n) is 11.7. The summed E-state index contributed by atoms with van der Waals surface area (Å²) in [5.74, 6) is 1.84. The minimum Gasteiger partial charge on any atom is -0.472 e. The van der Waals surface area contributed by atoms with Gasteiger partial charge in [-0.1, -0.05) is 31.5 Å². The Morgan fingerprint density at radius 3 is 2.49 bits per heavy atom. The Balaban J connectivity index is 1.06. The number of benzene rings is 1. The van der Waals surface area contributed by atoms with Crippen LogP contribution in [0.3, 0.4) is 0 Å². The Labute approximate surface area is 233 Å². The molecule has 39 heavy (non-hydrogen) atoms. The summed E-state index contributed by atoms with van der Waals surface area (Å²) in [4.78, 5) is 0.182. The van der Waals surface area contributed by atoms with Crippen molar-refractivity contribution in [2.45, 2.75) is 101 Å². The molecule has 0 saturated heterocycles. The van der Waals surface area contributed by atoms with Crippen molar-refractivity contribution in [3.05, 3.63) is 54.0 Å². The van der Waals surface area contributed by atoms with Gasteiger partial charge in [-0.2, -0.15) is 8.42 Å². The highest BCUT2D eigenvalue weighted by Crippen LogP contribution is 2.70. The molecule has 1 aromatic carbocycles. The zero-order chi connectivity index (χ0) is 27.5. The van der Waals surface area contributed by atoms with Crippen LogP contribution in [0.15, 0.2) is 52.2 Å². The Hall–Kier alpha value is -1.67. The van der Waals surface area contributed by atoms with Crippen LogP contribution < -0.4 is 0 Å². The van der Waals surface area contributed by atoms with E-state index in [2.05, 4.69) is 19.9 Å². The quantitative estimate of drug-likeness (QED) is 0.305. The van der Waals surface area contributed by atoms with Crippen LogP contribution in [0.25, 0.3) is 0 Å². The van der Waals surface area contributed by atoms with Crippen LogP contribution in [0.4, 0.5) is 0 Å². The summed E-state index contributed by atoms with van der Waals surface area (Å²) in [5, 5.41) is 12.4. The van der Waals surface area contributed by atoms with E-state index in [4.69, 9.17) is 13.3 Å². The number of ether oxygens (including phenoxy) is 1. The van der Waals surface area contributed by atoms with E-state index in [-0.39, 0.29) is 35.0 Å². The van der Waals surface area contributed by atoms with E-state index < -0.39 is 15.7 Å². The van der Waals surface area contributed by atoms with Crippen LogP contribution in [0, 0.1) is 35.5 Å². The van der Waals surface area contributed by atoms with Gasteiger partial charge in [-0.25, -0.2) is 0 Å². The minimum atomic E-state index is -3.77. The molecule has 0 amide bonds. The molecule has 4 aliphatic carbocycles. The summed E-state index contributed by atoms with van der Waals surface area (Å²) in [6, 6.07) is 8.80. The SMILES string of the molecule is Cc1ccc(S(=O)(=O)OCCO[C@H]2CC[C@@]3(C)[C@H](CC[C@@H]4[C@@H]3CC[C@]3(C)[C@@H](c5ccoc5)CC[C@]43O)C2)cc1. The lowest BCUT2D eigenvalue weighted by Gasteiger charge is -2.63. The Kier molecular flexibility index (Phi) is 7.05. The average Bonchev–Trinajstić information content (AvgIpc) is 3.53. The Bertz CT molecular complexity index is 1260. The second-order valence-corrected chi connectivity index (χ2v) is 15.0. The third-order valence-corrected chi connectivity index (χ3v) is 13.1. The fourth-order valence-electron chi connectivity index (χ4n) is 9.48. The highest BCUT2D eigenvalue weighted by molar-refractivity contribution is 7.86. The van der Waals surface area contributed by atoms with Crippen molar-refractivity contribution in [1.29, 1.82) is 0 Å². The van der Waals surface area contributed by atoms with Crippen LogP contribution in [-0.2, 0) is 19.0 Å². The van der Waals surface area contributed by atoms with E-state index in [1.165, 1.54) is 12.0 Å². The molecule has 8 atom stereocenters. The van der Waals surface area contributed by atoms with Crippen LogP contribution >= 0.6 is 0 Å². The largest absolute Gasteiger partial charge is 0.472 e. The molecule has 0 unspecified atom stereocenters. The van der Waals surface area contributed by atoms with E-state index in [1.807, 2.05) is 13.2 Å². The molecule has 1 aromatic heterocycles. The van der Waals surface area contributed by atoms with Crippen molar-refractivity contribution < 1.29 is 26.9 Å². The Morgan fingerprint density at radius 1 is 0.949 bits per heavy atom. The van der Waals surface area contributed by atoms with Gasteiger partial charge in [0.25, 0.3) is 10.1 Å². The molecular weight excluding hydrogens is 512 g/mol. The summed E-state index contributed by atoms with van der Waals surface area (Å²) in [6.45, 7) is 7.05. The zero-order valence-electron chi connectivity index (χ0n) is 23.6. The predicted molar refractivity (Wildman–Crippen MR) is 149 cm³/mol. The molecule has 0 aliphatic heterocycles. The first kappa shape index (κ1) is 27.5. The van der Waals surface area contributed by atoms with Crippen LogP contribution in [0.1, 0.15) is 88.7 Å². The molecule has 0 spiro atoms. The molecule has 1 heterocycles. The van der Waals surface area contributed by atoms with Crippen LogP contribution in [0.5, 0.6) is 0 Å². The summed E-state index contributed by atoms with van der Waals surface area (Å²) >= 11 is 0. The molecule has 1 N–H and O–H groups in total. The van der Waals surface area contributed by atoms with E-state index in [0.29, 0.717) is 23.7 Å². The highest BCUT2D eigenvalue weighted by atomic mass is 32.2. The lowest BCUT2D eigenvalue weighted by Crippen LogP contribution is -2.62. The molecule has 4 saturated carbocycles. The molecule has 0 bridgehead atoms. The third kappa shape index (κ3) is 4.52. The van der Waals surface area contributed by atoms with Crippen molar-refractivity contribution in [2.24, 2.45) is 28.6 Å². The summed E-state index contributed by atoms with van der Waals surface area (Å²) < 4.78 is 41.8. The van der Waals surface area contributed by atoms with Gasteiger partial charge in [0, 0.05) is 5.41 Å². The number of furan rings is 1. The van der Waals surface area contributed by atoms with Gasteiger partial charge in [0.2, 0.25) is 0 Å². The van der Waals surface area contributed by atoms with Gasteiger partial charge in [-0.05, 0) is 118 Å². The van der Waals surface area contributed by atoms with Crippen molar-refractivity contribution in [2.75, 3.05) is 13.2 Å². The lowest BCUT2D eigenvalue weighted by atomic mass is 9.43. The van der Waals surface area contributed by atoms with E-state index >= 15 is 0 Å². The van der Waals surface area contributed by atoms with Gasteiger partial charge >= 0.3 is 0 Å². The smallest absolute Gasteiger partial charge is 0.297 e. The molecule has 6 rings (SSSR count). The second-order valence-electron chi connectivity index (χ2n) is 13.4. The first-order valence-corrected chi connectivity index (χ1v) is 16.3. The zero-order valence-corrected chi connectivity index (χ0v) is 24.4. The number of hydrogen-bond donors (Lipinski definition) is 1. The van der Waals surface area contributed by atoms with E-state index in [1.54, 1.807) is 30.5 Å². The van der Waals surface area contributed by atoms with E-state index in [0.717, 1.165) is 56.9 Å². The topological polar surface area (TPSA) is 86.0 Å². The number of rotatable bonds is 7. The molecule has 4 aliphatic rings. The lowest BCUT2D eigenvalue weighted by molar-refractivity contribution is -0.207. The molecule has 2 aromatic rings. The number of aryl methyl sites for hydroxylation is 1. The molecule has 4 fully saturated rings. The van der Waals surface area contributed by atoms with E-state index in [9.17, 15) is 13.5 Å². The fourth-order valence-corrected chi connectivity index (χ4v) is 10.4. The maximum absolute atomic E-state index is 12.5. The maximum Gasteiger partial charge on any atom is 0.297 e. The molecular formula is C32H44O6S. The predicted octanol–water partition coefficient (Wildman–Crippen LogP) is 6.62. The van der Waals surface area contributed by atoms with Crippen molar-refractivity contribution in [1.82, 2.24) is 0 Å². The molecule has 214 valence electrons. The van der Waals surface area contributed by atoms with Crippen molar-refractivity contribution in [3.8, 4) is 0 Å². The highest BCUT2D eigenvalue weighted by Gasteiger charge is 2.67. The molecule has 6 nitrogen and oxygen atoms in total. The number of fused-ring (bicyclic) bond motifs is 5. The summed E-state index contributed by atoms with van der Waals surface area (Å²) in [5.41, 5.74) is 1.77. The second kappa shape index (κ2) is 10.0. The monoisotopic (exact) mass is 556 g/mol. The summed E-state index contributed by atoms with van der Waals surface area (Å²) in [6.07, 6.45) is 13.3. The van der Waals surface area contributed by atoms with Gasteiger partial charge in [0.1, 0.15) is 0 Å². The standard InChI is InChI=1S/C32H44O6S/c1-22-4-7-26(8-5-22)39(34,35)38-19-18-37-25-10-14-30(2)24(20-25)6-9-29-28(30)11-15-31(3)27(12-16-32(29,31)33)23-13-17-36-21-23/h4-5,7-8,13,17,21,24-25,27-29,33H,6,9-12,14-16,18-20H2,1-3H3/t24-,25+,27-,28+,29-,30+,31-,32+/m1/s1. The van der Waals surface area contributed by atoms with Crippen LogP contribution in [-0.4, -0.2) is 38.4 Å². The first-order chi connectivity index (χ1) is 18.6. The minimum absolute atomic E-state index is 0.0305. The normalized spacial score (nSPS) is 40.1. The van der Waals surface area contributed by atoms with Crippen molar-refractivity contribution >= 4 is 10.1 Å². The summed E-state index contributed by atoms with van der Waals surface area (Å²) in [7, 11) is -3.77. The molecule has 0 radical (unpaired) electrons. The van der Waals surface area contributed by atoms with Gasteiger partial charge in [0.05, 0.1) is 42.3 Å². The number of hydrogen-bond acceptors (Lipinski definition) is 6. The van der Waals surface area contributed by atoms with Gasteiger partial charge in [0.15, 0.2) is 0 Å².